The van der Waals surface area contributed by atoms with Crippen LogP contribution in [-0.2, 0) is 11.2 Å². The van der Waals surface area contributed by atoms with Gasteiger partial charge < -0.3 is 11.1 Å². The van der Waals surface area contributed by atoms with Gasteiger partial charge in [-0.1, -0.05) is 0 Å². The number of rotatable bonds is 4. The van der Waals surface area contributed by atoms with Gasteiger partial charge in [0.05, 0.1) is 12.1 Å². The average molecular weight is 335 g/mol. The molecule has 116 valence electrons. The Labute approximate surface area is 136 Å². The first-order valence-corrected chi connectivity index (χ1v) is 8.79. The minimum absolute atomic E-state index is 0.115. The van der Waals surface area contributed by atoms with Crippen LogP contribution in [0.3, 0.4) is 0 Å². The van der Waals surface area contributed by atoms with E-state index in [1.54, 1.807) is 22.8 Å². The van der Waals surface area contributed by atoms with E-state index in [1.807, 2.05) is 0 Å². The average Bonchev–Trinajstić information content (AvgIpc) is 3.10. The third-order valence-corrected chi connectivity index (χ3v) is 5.76. The lowest BCUT2D eigenvalue weighted by molar-refractivity contribution is -0.117. The molecule has 3 heterocycles. The molecule has 1 unspecified atom stereocenters. The van der Waals surface area contributed by atoms with Gasteiger partial charge in [0.1, 0.15) is 5.00 Å². The first kappa shape index (κ1) is 15.2. The molecule has 5 nitrogen and oxygen atoms in total. The highest BCUT2D eigenvalue weighted by atomic mass is 32.1. The lowest BCUT2D eigenvalue weighted by atomic mass is 10.0. The fourth-order valence-corrected chi connectivity index (χ4v) is 4.50. The molecule has 0 aromatic carbocycles. The molecule has 2 aromatic heterocycles. The molecule has 0 saturated heterocycles. The molecule has 2 amide bonds. The second-order valence-electron chi connectivity index (χ2n) is 5.27. The largest absolute Gasteiger partial charge is 0.366 e. The van der Waals surface area contributed by atoms with Gasteiger partial charge in [-0.2, -0.15) is 0 Å². The number of anilines is 1. The van der Waals surface area contributed by atoms with Crippen LogP contribution >= 0.6 is 22.7 Å². The predicted octanol–water partition coefficient (Wildman–Crippen LogP) is 2.47. The van der Waals surface area contributed by atoms with E-state index in [9.17, 15) is 9.59 Å². The number of primary amides is 1. The van der Waals surface area contributed by atoms with Crippen LogP contribution in [-0.4, -0.2) is 29.8 Å². The molecule has 0 saturated carbocycles. The van der Waals surface area contributed by atoms with Crippen molar-refractivity contribution in [2.45, 2.75) is 19.4 Å². The number of thiophene rings is 2. The number of hydrogen-bond donors (Lipinski definition) is 2. The van der Waals surface area contributed by atoms with Gasteiger partial charge in [0, 0.05) is 17.5 Å². The highest BCUT2D eigenvalue weighted by Crippen LogP contribution is 2.32. The molecule has 3 N–H and O–H groups in total. The van der Waals surface area contributed by atoms with Crippen LogP contribution in [0.2, 0.25) is 0 Å². The van der Waals surface area contributed by atoms with Crippen LogP contribution in [0.5, 0.6) is 0 Å². The smallest absolute Gasteiger partial charge is 0.251 e. The van der Waals surface area contributed by atoms with Crippen molar-refractivity contribution in [3.8, 4) is 0 Å². The Balaban J connectivity index is 1.65. The zero-order valence-corrected chi connectivity index (χ0v) is 13.8. The Morgan fingerprint density at radius 3 is 2.91 bits per heavy atom. The third-order valence-electron chi connectivity index (χ3n) is 3.93. The molecule has 0 aliphatic carbocycles. The Bertz CT molecular complexity index is 707. The first-order chi connectivity index (χ1) is 10.6. The van der Waals surface area contributed by atoms with Crippen molar-refractivity contribution in [1.29, 1.82) is 0 Å². The van der Waals surface area contributed by atoms with Crippen LogP contribution in [0, 0.1) is 0 Å². The number of carbonyl (C=O) groups is 2. The molecule has 1 aliphatic heterocycles. The highest BCUT2D eigenvalue weighted by molar-refractivity contribution is 7.14. The molecule has 1 atom stereocenters. The second-order valence-corrected chi connectivity index (χ2v) is 7.19. The van der Waals surface area contributed by atoms with Crippen molar-refractivity contribution in [2.75, 3.05) is 18.4 Å². The lowest BCUT2D eigenvalue weighted by Gasteiger charge is -2.32. The quantitative estimate of drug-likeness (QED) is 0.901. The van der Waals surface area contributed by atoms with E-state index in [-0.39, 0.29) is 11.9 Å². The van der Waals surface area contributed by atoms with Gasteiger partial charge in [0.2, 0.25) is 5.91 Å². The van der Waals surface area contributed by atoms with Crippen molar-refractivity contribution in [3.63, 3.8) is 0 Å². The van der Waals surface area contributed by atoms with E-state index >= 15 is 0 Å². The number of nitrogens with two attached hydrogens (primary N) is 1. The van der Waals surface area contributed by atoms with E-state index in [2.05, 4.69) is 28.6 Å². The normalized spacial score (nSPS) is 18.0. The summed E-state index contributed by atoms with van der Waals surface area (Å²) in [5.41, 5.74) is 6.97. The second kappa shape index (κ2) is 6.20. The van der Waals surface area contributed by atoms with Crippen molar-refractivity contribution in [3.05, 3.63) is 38.9 Å². The predicted molar refractivity (Wildman–Crippen MR) is 89.5 cm³/mol. The fourth-order valence-electron chi connectivity index (χ4n) is 2.73. The maximum Gasteiger partial charge on any atom is 0.251 e. The summed E-state index contributed by atoms with van der Waals surface area (Å²) in [5, 5.41) is 7.18. The minimum Gasteiger partial charge on any atom is -0.366 e. The van der Waals surface area contributed by atoms with Crippen molar-refractivity contribution < 1.29 is 9.59 Å². The maximum atomic E-state index is 12.3. The molecule has 22 heavy (non-hydrogen) atoms. The van der Waals surface area contributed by atoms with Gasteiger partial charge in [-0.15, -0.1) is 22.7 Å². The Morgan fingerprint density at radius 1 is 1.36 bits per heavy atom. The molecule has 0 bridgehead atoms. The third kappa shape index (κ3) is 2.92. The summed E-state index contributed by atoms with van der Waals surface area (Å²) >= 11 is 3.09. The number of carbonyl (C=O) groups excluding carboxylic acids is 2. The van der Waals surface area contributed by atoms with Crippen LogP contribution < -0.4 is 11.1 Å². The number of amides is 2. The molecular weight excluding hydrogens is 318 g/mol. The number of nitrogens with one attached hydrogen (secondary N) is 1. The summed E-state index contributed by atoms with van der Waals surface area (Å²) in [7, 11) is 0. The molecule has 1 aliphatic rings. The highest BCUT2D eigenvalue weighted by Gasteiger charge is 2.26. The fraction of sp³-hybridized carbons (Fsp3) is 0.333. The topological polar surface area (TPSA) is 75.4 Å². The number of nitrogens with zero attached hydrogens (tertiary/aromatic N) is 1. The number of hydrogen-bond acceptors (Lipinski definition) is 5. The Hall–Kier alpha value is -1.70. The van der Waals surface area contributed by atoms with E-state index in [0.29, 0.717) is 17.1 Å². The van der Waals surface area contributed by atoms with Crippen LogP contribution in [0.1, 0.15) is 33.8 Å². The summed E-state index contributed by atoms with van der Waals surface area (Å²) < 4.78 is 0. The monoisotopic (exact) mass is 335 g/mol. The van der Waals surface area contributed by atoms with E-state index in [4.69, 9.17) is 5.73 Å². The van der Waals surface area contributed by atoms with Crippen molar-refractivity contribution in [2.24, 2.45) is 5.73 Å². The summed E-state index contributed by atoms with van der Waals surface area (Å²) in [6.45, 7) is 3.31. The molecule has 2 aromatic rings. The summed E-state index contributed by atoms with van der Waals surface area (Å²) in [6.07, 6.45) is 0.982. The van der Waals surface area contributed by atoms with E-state index in [0.717, 1.165) is 13.0 Å². The molecule has 0 fully saturated rings. The van der Waals surface area contributed by atoms with Crippen molar-refractivity contribution in [1.82, 2.24) is 4.90 Å². The van der Waals surface area contributed by atoms with Crippen LogP contribution in [0.4, 0.5) is 5.00 Å². The van der Waals surface area contributed by atoms with Crippen LogP contribution in [0.15, 0.2) is 22.9 Å². The van der Waals surface area contributed by atoms with Gasteiger partial charge in [-0.3, -0.25) is 14.5 Å². The summed E-state index contributed by atoms with van der Waals surface area (Å²) in [4.78, 5) is 27.1. The maximum absolute atomic E-state index is 12.3. The Morgan fingerprint density at radius 2 is 2.14 bits per heavy atom. The summed E-state index contributed by atoms with van der Waals surface area (Å²) in [5.74, 6) is -0.638. The lowest BCUT2D eigenvalue weighted by Crippen LogP contribution is -2.39. The van der Waals surface area contributed by atoms with E-state index < -0.39 is 5.91 Å². The van der Waals surface area contributed by atoms with Crippen molar-refractivity contribution >= 4 is 39.5 Å². The zero-order chi connectivity index (χ0) is 15.7. The summed E-state index contributed by atoms with van der Waals surface area (Å²) in [6, 6.07) is 4.00. The van der Waals surface area contributed by atoms with E-state index in [1.165, 1.54) is 21.8 Å². The standard InChI is InChI=1S/C15H17N3O2S2/c1-9-10-3-6-21-12(10)2-5-18(9)8-13(19)17-15-11(14(16)20)4-7-22-15/h3-4,6-7,9H,2,5,8H2,1H3,(H2,16,20)(H,17,19). The van der Waals surface area contributed by atoms with Crippen LogP contribution in [0.25, 0.3) is 0 Å². The Kier molecular flexibility index (Phi) is 4.28. The molecule has 0 radical (unpaired) electrons. The van der Waals surface area contributed by atoms with Gasteiger partial charge in [-0.25, -0.2) is 0 Å². The minimum atomic E-state index is -0.522. The molecule has 7 heteroatoms. The SMILES string of the molecule is CC1c2ccsc2CCN1CC(=O)Nc1sccc1C(N)=O. The molecule has 3 rings (SSSR count). The van der Waals surface area contributed by atoms with Gasteiger partial charge in [0.15, 0.2) is 0 Å². The number of fused-ring (bicyclic) bond motifs is 1. The van der Waals surface area contributed by atoms with Gasteiger partial charge >= 0.3 is 0 Å². The van der Waals surface area contributed by atoms with Gasteiger partial charge in [-0.05, 0) is 41.8 Å². The zero-order valence-electron chi connectivity index (χ0n) is 12.2. The molecule has 0 spiro atoms. The van der Waals surface area contributed by atoms with Gasteiger partial charge in [0.25, 0.3) is 5.91 Å². The first-order valence-electron chi connectivity index (χ1n) is 7.03. The molecular formula is C15H17N3O2S2.